The van der Waals surface area contributed by atoms with Crippen molar-refractivity contribution < 1.29 is 0 Å². The largest absolute Gasteiger partial charge is 0.319 e. The van der Waals surface area contributed by atoms with E-state index in [0.717, 1.165) is 16.9 Å². The van der Waals surface area contributed by atoms with Gasteiger partial charge >= 0.3 is 0 Å². The van der Waals surface area contributed by atoms with Gasteiger partial charge in [-0.05, 0) is 51.7 Å². The van der Waals surface area contributed by atoms with Gasteiger partial charge in [0.1, 0.15) is 0 Å². The maximum Gasteiger partial charge on any atom is 0.0858 e. The van der Waals surface area contributed by atoms with E-state index < -0.39 is 0 Å². The van der Waals surface area contributed by atoms with E-state index in [1.165, 1.54) is 2.88 Å². The van der Waals surface area contributed by atoms with Gasteiger partial charge in [0.25, 0.3) is 0 Å². The third-order valence-electron chi connectivity index (χ3n) is 2.84. The molecule has 1 atom stereocenters. The maximum absolute atomic E-state index is 6.31. The number of aromatic nitrogens is 3. The van der Waals surface area contributed by atoms with Crippen molar-refractivity contribution in [1.82, 2.24) is 15.0 Å². The number of thiophene rings is 1. The molecular weight excluding hydrogens is 371 g/mol. The Morgan fingerprint density at radius 2 is 2.05 bits per heavy atom. The zero-order valence-electron chi connectivity index (χ0n) is 9.90. The van der Waals surface area contributed by atoms with Crippen LogP contribution in [-0.2, 0) is 0 Å². The SMILES string of the molecule is NC(c1csc(I)c1)c1cnnn1-c1ccccc1. The van der Waals surface area contributed by atoms with E-state index in [4.69, 9.17) is 5.73 Å². The minimum absolute atomic E-state index is 0.213. The van der Waals surface area contributed by atoms with Crippen molar-refractivity contribution in [1.29, 1.82) is 0 Å². The minimum atomic E-state index is -0.213. The van der Waals surface area contributed by atoms with E-state index in [1.54, 1.807) is 22.2 Å². The molecule has 0 amide bonds. The van der Waals surface area contributed by atoms with Crippen LogP contribution in [0.5, 0.6) is 0 Å². The van der Waals surface area contributed by atoms with Crippen molar-refractivity contribution in [3.8, 4) is 5.69 Å². The molecule has 0 saturated heterocycles. The van der Waals surface area contributed by atoms with Gasteiger partial charge < -0.3 is 5.73 Å². The van der Waals surface area contributed by atoms with Crippen LogP contribution >= 0.6 is 33.9 Å². The summed E-state index contributed by atoms with van der Waals surface area (Å²) in [5.74, 6) is 0. The molecule has 3 aromatic rings. The molecule has 4 nitrogen and oxygen atoms in total. The predicted molar refractivity (Wildman–Crippen MR) is 84.4 cm³/mol. The van der Waals surface area contributed by atoms with Gasteiger partial charge in [0.15, 0.2) is 0 Å². The number of rotatable bonds is 3. The first-order valence-corrected chi connectivity index (χ1v) is 7.67. The summed E-state index contributed by atoms with van der Waals surface area (Å²) in [6.45, 7) is 0. The van der Waals surface area contributed by atoms with E-state index in [9.17, 15) is 0 Å². The number of nitrogens with two attached hydrogens (primary N) is 1. The Bertz CT molecular complexity index is 677. The lowest BCUT2D eigenvalue weighted by molar-refractivity contribution is 0.721. The predicted octanol–water partition coefficient (Wildman–Crippen LogP) is 2.98. The summed E-state index contributed by atoms with van der Waals surface area (Å²) >= 11 is 3.99. The molecule has 2 heterocycles. The first kappa shape index (κ1) is 12.8. The summed E-state index contributed by atoms with van der Waals surface area (Å²) in [5.41, 5.74) is 9.26. The van der Waals surface area contributed by atoms with E-state index in [-0.39, 0.29) is 6.04 Å². The number of para-hydroxylation sites is 1. The molecule has 6 heteroatoms. The van der Waals surface area contributed by atoms with Crippen LogP contribution in [-0.4, -0.2) is 15.0 Å². The highest BCUT2D eigenvalue weighted by molar-refractivity contribution is 14.1. The second kappa shape index (κ2) is 5.40. The summed E-state index contributed by atoms with van der Waals surface area (Å²) in [5, 5.41) is 10.2. The van der Waals surface area contributed by atoms with Crippen molar-refractivity contribution >= 4 is 33.9 Å². The Labute approximate surface area is 128 Å². The maximum atomic E-state index is 6.31. The molecule has 2 aromatic heterocycles. The number of nitrogens with zero attached hydrogens (tertiary/aromatic N) is 3. The van der Waals surface area contributed by atoms with Gasteiger partial charge in [0.05, 0.1) is 26.5 Å². The Morgan fingerprint density at radius 1 is 1.26 bits per heavy atom. The minimum Gasteiger partial charge on any atom is -0.319 e. The monoisotopic (exact) mass is 382 g/mol. The number of halogens is 1. The number of benzene rings is 1. The molecule has 19 heavy (non-hydrogen) atoms. The Balaban J connectivity index is 2.01. The topological polar surface area (TPSA) is 56.7 Å². The van der Waals surface area contributed by atoms with Crippen LogP contribution in [0.2, 0.25) is 0 Å². The summed E-state index contributed by atoms with van der Waals surface area (Å²) in [4.78, 5) is 0. The molecule has 96 valence electrons. The van der Waals surface area contributed by atoms with E-state index in [2.05, 4.69) is 44.3 Å². The average Bonchev–Trinajstić information content (AvgIpc) is 3.07. The molecule has 0 aliphatic carbocycles. The third kappa shape index (κ3) is 2.56. The van der Waals surface area contributed by atoms with Gasteiger partial charge in [-0.2, -0.15) is 0 Å². The molecule has 3 rings (SSSR count). The van der Waals surface area contributed by atoms with Crippen molar-refractivity contribution in [2.45, 2.75) is 6.04 Å². The fraction of sp³-hybridized carbons (Fsp3) is 0.0769. The van der Waals surface area contributed by atoms with Gasteiger partial charge in [-0.25, -0.2) is 4.68 Å². The summed E-state index contributed by atoms with van der Waals surface area (Å²) in [7, 11) is 0. The molecule has 0 radical (unpaired) electrons. The van der Waals surface area contributed by atoms with Crippen LogP contribution < -0.4 is 5.73 Å². The quantitative estimate of drug-likeness (QED) is 0.709. The van der Waals surface area contributed by atoms with Gasteiger partial charge in [-0.1, -0.05) is 23.4 Å². The van der Waals surface area contributed by atoms with Crippen LogP contribution in [0.15, 0.2) is 48.0 Å². The lowest BCUT2D eigenvalue weighted by atomic mass is 10.1. The lowest BCUT2D eigenvalue weighted by Gasteiger charge is -2.11. The van der Waals surface area contributed by atoms with Crippen LogP contribution in [0.3, 0.4) is 0 Å². The molecule has 0 bridgehead atoms. The van der Waals surface area contributed by atoms with Crippen LogP contribution in [0.4, 0.5) is 0 Å². The highest BCUT2D eigenvalue weighted by atomic mass is 127. The molecule has 0 aliphatic rings. The standard InChI is InChI=1S/C13H11IN4S/c14-12-6-9(8-19-12)13(15)11-7-16-17-18(11)10-4-2-1-3-5-10/h1-8,13H,15H2. The summed E-state index contributed by atoms with van der Waals surface area (Å²) < 4.78 is 3.01. The smallest absolute Gasteiger partial charge is 0.0858 e. The summed E-state index contributed by atoms with van der Waals surface area (Å²) in [6.07, 6.45) is 1.72. The Kier molecular flexibility index (Phi) is 3.63. The third-order valence-corrected chi connectivity index (χ3v) is 4.65. The number of hydrogen-bond acceptors (Lipinski definition) is 4. The molecular formula is C13H11IN4S. The van der Waals surface area contributed by atoms with Crippen molar-refractivity contribution in [3.63, 3.8) is 0 Å². The lowest BCUT2D eigenvalue weighted by Crippen LogP contribution is -2.16. The second-order valence-corrected chi connectivity index (χ2v) is 6.87. The van der Waals surface area contributed by atoms with E-state index in [1.807, 2.05) is 30.3 Å². The Morgan fingerprint density at radius 3 is 2.74 bits per heavy atom. The fourth-order valence-electron chi connectivity index (χ4n) is 1.88. The second-order valence-electron chi connectivity index (χ2n) is 4.07. The first-order chi connectivity index (χ1) is 9.25. The molecule has 1 unspecified atom stereocenters. The van der Waals surface area contributed by atoms with E-state index in [0.29, 0.717) is 0 Å². The fourth-order valence-corrected chi connectivity index (χ4v) is 3.29. The highest BCUT2D eigenvalue weighted by Crippen LogP contribution is 2.26. The van der Waals surface area contributed by atoms with Crippen LogP contribution in [0.1, 0.15) is 17.3 Å². The van der Waals surface area contributed by atoms with Crippen molar-refractivity contribution in [3.05, 3.63) is 62.1 Å². The molecule has 2 N–H and O–H groups in total. The van der Waals surface area contributed by atoms with Crippen LogP contribution in [0.25, 0.3) is 5.69 Å². The van der Waals surface area contributed by atoms with Crippen LogP contribution in [0, 0.1) is 2.88 Å². The zero-order chi connectivity index (χ0) is 13.2. The molecule has 0 fully saturated rings. The van der Waals surface area contributed by atoms with Gasteiger partial charge in [-0.3, -0.25) is 0 Å². The normalized spacial score (nSPS) is 12.5. The van der Waals surface area contributed by atoms with Crippen molar-refractivity contribution in [2.24, 2.45) is 5.73 Å². The van der Waals surface area contributed by atoms with Crippen molar-refractivity contribution in [2.75, 3.05) is 0 Å². The molecule has 0 spiro atoms. The molecule has 0 saturated carbocycles. The average molecular weight is 382 g/mol. The van der Waals surface area contributed by atoms with E-state index >= 15 is 0 Å². The highest BCUT2D eigenvalue weighted by Gasteiger charge is 2.17. The van der Waals surface area contributed by atoms with Gasteiger partial charge in [0.2, 0.25) is 0 Å². The van der Waals surface area contributed by atoms with Gasteiger partial charge in [0, 0.05) is 0 Å². The number of hydrogen-bond donors (Lipinski definition) is 1. The Hall–Kier alpha value is -1.25. The molecule has 1 aromatic carbocycles. The molecule has 0 aliphatic heterocycles. The zero-order valence-corrected chi connectivity index (χ0v) is 12.9. The van der Waals surface area contributed by atoms with Gasteiger partial charge in [-0.15, -0.1) is 16.4 Å². The summed E-state index contributed by atoms with van der Waals surface area (Å²) in [6, 6.07) is 11.8. The first-order valence-electron chi connectivity index (χ1n) is 5.71.